The monoisotopic (exact) mass is 302 g/mol. The van der Waals surface area contributed by atoms with Crippen LogP contribution in [0.1, 0.15) is 39.5 Å². The lowest BCUT2D eigenvalue weighted by atomic mass is 9.70. The van der Waals surface area contributed by atoms with Crippen molar-refractivity contribution in [2.45, 2.75) is 45.6 Å². The quantitative estimate of drug-likeness (QED) is 0.721. The van der Waals surface area contributed by atoms with Crippen LogP contribution in [0.5, 0.6) is 0 Å². The normalized spacial score (nSPS) is 27.7. The Hall–Kier alpha value is 0.400. The second-order valence-corrected chi connectivity index (χ2v) is 6.62. The Balaban J connectivity index is 1.75. The Bertz CT molecular complexity index is 227. The molecule has 2 rings (SSSR count). The average Bonchev–Trinajstić information content (AvgIpc) is 2.33. The Morgan fingerprint density at radius 3 is 2.24 bits per heavy atom. The van der Waals surface area contributed by atoms with Gasteiger partial charge < -0.3 is 4.90 Å². The first kappa shape index (κ1) is 13.8. The van der Waals surface area contributed by atoms with E-state index in [1.165, 1.54) is 63.7 Å². The molecule has 0 aromatic rings. The van der Waals surface area contributed by atoms with E-state index >= 15 is 0 Å². The van der Waals surface area contributed by atoms with Crippen molar-refractivity contribution in [3.05, 3.63) is 0 Å². The van der Waals surface area contributed by atoms with Crippen LogP contribution in [-0.4, -0.2) is 53.9 Å². The van der Waals surface area contributed by atoms with E-state index in [4.69, 9.17) is 0 Å². The van der Waals surface area contributed by atoms with Crippen LogP contribution in [-0.2, 0) is 0 Å². The van der Waals surface area contributed by atoms with Crippen LogP contribution in [0.15, 0.2) is 0 Å². The highest BCUT2D eigenvalue weighted by Gasteiger charge is 2.38. The van der Waals surface area contributed by atoms with Crippen molar-refractivity contribution in [2.75, 3.05) is 38.1 Å². The highest BCUT2D eigenvalue weighted by molar-refractivity contribution is 9.09. The molecule has 2 aliphatic rings. The maximum atomic E-state index is 3.72. The fourth-order valence-corrected chi connectivity index (χ4v) is 3.84. The highest BCUT2D eigenvalue weighted by Crippen LogP contribution is 2.43. The van der Waals surface area contributed by atoms with Crippen LogP contribution < -0.4 is 0 Å². The number of hydrogen-bond donors (Lipinski definition) is 0. The molecule has 1 unspecified atom stereocenters. The third kappa shape index (κ3) is 3.24. The molecule has 1 aliphatic heterocycles. The van der Waals surface area contributed by atoms with Gasteiger partial charge in [-0.05, 0) is 31.6 Å². The minimum Gasteiger partial charge on any atom is -0.300 e. The van der Waals surface area contributed by atoms with Gasteiger partial charge >= 0.3 is 0 Å². The minimum atomic E-state index is 0.624. The largest absolute Gasteiger partial charge is 0.300 e. The standard InChI is InChI=1S/C14H27BrN2/c1-3-13(2)17-9-7-16(8-10-17)12-14(11-15)5-4-6-14/h13H,3-12H2,1-2H3. The van der Waals surface area contributed by atoms with E-state index in [1.807, 2.05) is 0 Å². The van der Waals surface area contributed by atoms with Crippen molar-refractivity contribution >= 4 is 15.9 Å². The molecular weight excluding hydrogens is 276 g/mol. The molecular formula is C14H27BrN2. The Morgan fingerprint density at radius 2 is 1.82 bits per heavy atom. The summed E-state index contributed by atoms with van der Waals surface area (Å²) < 4.78 is 0. The summed E-state index contributed by atoms with van der Waals surface area (Å²) in [5.74, 6) is 0. The molecule has 1 atom stereocenters. The van der Waals surface area contributed by atoms with Gasteiger partial charge in [0.25, 0.3) is 0 Å². The molecule has 0 spiro atoms. The maximum absolute atomic E-state index is 3.72. The van der Waals surface area contributed by atoms with Crippen LogP contribution in [0, 0.1) is 5.41 Å². The van der Waals surface area contributed by atoms with Crippen molar-refractivity contribution in [3.63, 3.8) is 0 Å². The summed E-state index contributed by atoms with van der Waals surface area (Å²) in [7, 11) is 0. The first-order valence-corrected chi connectivity index (χ1v) is 8.33. The lowest BCUT2D eigenvalue weighted by molar-refractivity contribution is 0.0427. The molecule has 0 radical (unpaired) electrons. The van der Waals surface area contributed by atoms with E-state index in [0.717, 1.165) is 6.04 Å². The van der Waals surface area contributed by atoms with E-state index in [-0.39, 0.29) is 0 Å². The van der Waals surface area contributed by atoms with Gasteiger partial charge in [-0.2, -0.15) is 0 Å². The van der Waals surface area contributed by atoms with Gasteiger partial charge in [-0.1, -0.05) is 29.3 Å². The molecule has 1 saturated heterocycles. The number of alkyl halides is 1. The molecule has 1 saturated carbocycles. The van der Waals surface area contributed by atoms with Gasteiger partial charge in [0.05, 0.1) is 0 Å². The molecule has 2 nitrogen and oxygen atoms in total. The van der Waals surface area contributed by atoms with Crippen molar-refractivity contribution in [2.24, 2.45) is 5.41 Å². The molecule has 1 aliphatic carbocycles. The number of halogens is 1. The smallest absolute Gasteiger partial charge is 0.0113 e. The van der Waals surface area contributed by atoms with Crippen LogP contribution in [0.3, 0.4) is 0 Å². The minimum absolute atomic E-state index is 0.624. The molecule has 3 heteroatoms. The third-order valence-corrected chi connectivity index (χ3v) is 6.07. The zero-order valence-corrected chi connectivity index (χ0v) is 13.0. The highest BCUT2D eigenvalue weighted by atomic mass is 79.9. The zero-order chi connectivity index (χ0) is 12.3. The topological polar surface area (TPSA) is 6.48 Å². The van der Waals surface area contributed by atoms with Gasteiger partial charge in [-0.15, -0.1) is 0 Å². The lowest BCUT2D eigenvalue weighted by Gasteiger charge is -2.46. The van der Waals surface area contributed by atoms with Crippen LogP contribution in [0.2, 0.25) is 0 Å². The molecule has 0 aromatic heterocycles. The second-order valence-electron chi connectivity index (χ2n) is 6.06. The molecule has 17 heavy (non-hydrogen) atoms. The van der Waals surface area contributed by atoms with E-state index in [2.05, 4.69) is 39.6 Å². The Labute approximate surface area is 115 Å². The molecule has 0 amide bonds. The molecule has 1 heterocycles. The van der Waals surface area contributed by atoms with E-state index < -0.39 is 0 Å². The van der Waals surface area contributed by atoms with Gasteiger partial charge in [0.1, 0.15) is 0 Å². The molecule has 100 valence electrons. The van der Waals surface area contributed by atoms with Gasteiger partial charge in [0, 0.05) is 44.1 Å². The number of hydrogen-bond acceptors (Lipinski definition) is 2. The fourth-order valence-electron chi connectivity index (χ4n) is 3.11. The average molecular weight is 303 g/mol. The van der Waals surface area contributed by atoms with E-state index in [9.17, 15) is 0 Å². The molecule has 0 bridgehead atoms. The molecule has 2 fully saturated rings. The van der Waals surface area contributed by atoms with Gasteiger partial charge in [0.2, 0.25) is 0 Å². The van der Waals surface area contributed by atoms with Crippen LogP contribution >= 0.6 is 15.9 Å². The predicted molar refractivity (Wildman–Crippen MR) is 77.8 cm³/mol. The molecule has 0 N–H and O–H groups in total. The summed E-state index contributed by atoms with van der Waals surface area (Å²) in [5.41, 5.74) is 0.624. The van der Waals surface area contributed by atoms with Gasteiger partial charge in [0.15, 0.2) is 0 Å². The lowest BCUT2D eigenvalue weighted by Crippen LogP contribution is -2.53. The summed E-state index contributed by atoms with van der Waals surface area (Å²) in [6, 6.07) is 0.769. The summed E-state index contributed by atoms with van der Waals surface area (Å²) in [5, 5.41) is 1.20. The van der Waals surface area contributed by atoms with Crippen molar-refractivity contribution in [1.29, 1.82) is 0 Å². The van der Waals surface area contributed by atoms with Crippen LogP contribution in [0.25, 0.3) is 0 Å². The van der Waals surface area contributed by atoms with Gasteiger partial charge in [-0.25, -0.2) is 0 Å². The number of rotatable bonds is 5. The Kier molecular flexibility index (Phi) is 4.90. The maximum Gasteiger partial charge on any atom is 0.0113 e. The van der Waals surface area contributed by atoms with E-state index in [0.29, 0.717) is 5.41 Å². The SMILES string of the molecule is CCC(C)N1CCN(CC2(CBr)CCC2)CC1. The molecule has 0 aromatic carbocycles. The number of nitrogens with zero attached hydrogens (tertiary/aromatic N) is 2. The van der Waals surface area contributed by atoms with E-state index in [1.54, 1.807) is 0 Å². The summed E-state index contributed by atoms with van der Waals surface area (Å²) >= 11 is 3.72. The number of piperazine rings is 1. The van der Waals surface area contributed by atoms with Crippen molar-refractivity contribution in [1.82, 2.24) is 9.80 Å². The summed E-state index contributed by atoms with van der Waals surface area (Å²) in [6.07, 6.45) is 5.59. The second kappa shape index (κ2) is 6.03. The summed E-state index contributed by atoms with van der Waals surface area (Å²) in [4.78, 5) is 5.34. The van der Waals surface area contributed by atoms with Crippen molar-refractivity contribution < 1.29 is 0 Å². The summed E-state index contributed by atoms with van der Waals surface area (Å²) in [6.45, 7) is 11.1. The fraction of sp³-hybridized carbons (Fsp3) is 1.00. The predicted octanol–water partition coefficient (Wildman–Crippen LogP) is 2.97. The van der Waals surface area contributed by atoms with Crippen molar-refractivity contribution in [3.8, 4) is 0 Å². The first-order valence-electron chi connectivity index (χ1n) is 7.21. The van der Waals surface area contributed by atoms with Gasteiger partial charge in [-0.3, -0.25) is 4.90 Å². The third-order valence-electron chi connectivity index (χ3n) is 4.88. The zero-order valence-electron chi connectivity index (χ0n) is 11.4. The first-order chi connectivity index (χ1) is 8.19. The Morgan fingerprint density at radius 1 is 1.18 bits per heavy atom. The van der Waals surface area contributed by atoms with Crippen LogP contribution in [0.4, 0.5) is 0 Å².